The van der Waals surface area contributed by atoms with Crippen LogP contribution in [0.1, 0.15) is 33.6 Å². The van der Waals surface area contributed by atoms with Crippen LogP contribution in [-0.2, 0) is 22.6 Å². The number of ether oxygens (including phenoxy) is 2. The Bertz CT molecular complexity index is 378. The van der Waals surface area contributed by atoms with E-state index < -0.39 is 0 Å². The second-order valence-electron chi connectivity index (χ2n) is 4.10. The number of rotatable bonds is 9. The zero-order chi connectivity index (χ0) is 13.4. The van der Waals surface area contributed by atoms with Crippen molar-refractivity contribution in [1.29, 1.82) is 0 Å². The third kappa shape index (κ3) is 4.31. The molecule has 1 aromatic rings. The highest BCUT2D eigenvalue weighted by atomic mass is 16.7. The molecule has 0 fully saturated rings. The molecule has 0 aliphatic rings. The summed E-state index contributed by atoms with van der Waals surface area (Å²) in [6.45, 7) is 8.58. The molecular weight excluding hydrogens is 232 g/mol. The number of hydrogen-bond donors (Lipinski definition) is 0. The van der Waals surface area contributed by atoms with Gasteiger partial charge in [-0.25, -0.2) is 4.79 Å². The fourth-order valence-electron chi connectivity index (χ4n) is 1.87. The molecule has 0 saturated carbocycles. The van der Waals surface area contributed by atoms with Gasteiger partial charge in [0, 0.05) is 45.1 Å². The first-order valence-electron chi connectivity index (χ1n) is 6.71. The highest BCUT2D eigenvalue weighted by Crippen LogP contribution is 2.03. The molecule has 0 spiro atoms. The number of aryl methyl sites for hydroxylation is 2. The van der Waals surface area contributed by atoms with Crippen LogP contribution < -0.4 is 5.69 Å². The molecule has 0 saturated heterocycles. The minimum atomic E-state index is -0.221. The Morgan fingerprint density at radius 3 is 2.11 bits per heavy atom. The predicted molar refractivity (Wildman–Crippen MR) is 70.6 cm³/mol. The van der Waals surface area contributed by atoms with E-state index in [9.17, 15) is 4.79 Å². The summed E-state index contributed by atoms with van der Waals surface area (Å²) >= 11 is 0. The summed E-state index contributed by atoms with van der Waals surface area (Å²) in [5.41, 5.74) is 0.0450. The van der Waals surface area contributed by atoms with Gasteiger partial charge in [-0.15, -0.1) is 0 Å². The highest BCUT2D eigenvalue weighted by molar-refractivity contribution is 4.81. The minimum absolute atomic E-state index is 0.0450. The van der Waals surface area contributed by atoms with Gasteiger partial charge in [0.25, 0.3) is 0 Å². The number of nitrogens with zero attached hydrogens (tertiary/aromatic N) is 2. The molecule has 18 heavy (non-hydrogen) atoms. The molecule has 1 rings (SSSR count). The van der Waals surface area contributed by atoms with Gasteiger partial charge in [-0.2, -0.15) is 0 Å². The third-order valence-electron chi connectivity index (χ3n) is 2.69. The first-order valence-corrected chi connectivity index (χ1v) is 6.71. The molecule has 0 aliphatic carbocycles. The van der Waals surface area contributed by atoms with Crippen molar-refractivity contribution in [1.82, 2.24) is 9.13 Å². The fraction of sp³-hybridized carbons (Fsp3) is 0.769. The van der Waals surface area contributed by atoms with Crippen molar-refractivity contribution >= 4 is 0 Å². The largest absolute Gasteiger partial charge is 0.353 e. The van der Waals surface area contributed by atoms with Crippen LogP contribution in [-0.4, -0.2) is 28.6 Å². The molecule has 0 unspecified atom stereocenters. The summed E-state index contributed by atoms with van der Waals surface area (Å²) in [4.78, 5) is 11.9. The van der Waals surface area contributed by atoms with Crippen LogP contribution in [0.25, 0.3) is 0 Å². The van der Waals surface area contributed by atoms with E-state index in [1.165, 1.54) is 0 Å². The van der Waals surface area contributed by atoms with Crippen molar-refractivity contribution in [3.63, 3.8) is 0 Å². The first-order chi connectivity index (χ1) is 8.72. The number of hydrogen-bond acceptors (Lipinski definition) is 3. The van der Waals surface area contributed by atoms with Gasteiger partial charge in [0.05, 0.1) is 0 Å². The van der Waals surface area contributed by atoms with Crippen molar-refractivity contribution in [2.45, 2.75) is 53.0 Å². The van der Waals surface area contributed by atoms with Crippen LogP contribution in [0.5, 0.6) is 0 Å². The van der Waals surface area contributed by atoms with Gasteiger partial charge >= 0.3 is 5.69 Å². The van der Waals surface area contributed by atoms with Gasteiger partial charge < -0.3 is 9.47 Å². The van der Waals surface area contributed by atoms with Crippen molar-refractivity contribution in [2.75, 3.05) is 13.2 Å². The summed E-state index contributed by atoms with van der Waals surface area (Å²) in [6, 6.07) is 0. The van der Waals surface area contributed by atoms with E-state index in [1.807, 2.05) is 26.2 Å². The zero-order valence-electron chi connectivity index (χ0n) is 11.6. The van der Waals surface area contributed by atoms with Crippen LogP contribution in [0.4, 0.5) is 0 Å². The molecule has 1 aromatic heterocycles. The predicted octanol–water partition coefficient (Wildman–Crippen LogP) is 1.85. The average Bonchev–Trinajstić information content (AvgIpc) is 2.69. The molecule has 0 amide bonds. The summed E-state index contributed by atoms with van der Waals surface area (Å²) in [6.07, 6.45) is 5.10. The molecule has 0 aromatic carbocycles. The second kappa shape index (κ2) is 8.11. The van der Waals surface area contributed by atoms with Gasteiger partial charge in [-0.1, -0.05) is 6.92 Å². The maximum atomic E-state index is 11.9. The number of imidazole rings is 1. The van der Waals surface area contributed by atoms with E-state index in [4.69, 9.17) is 9.47 Å². The standard InChI is InChI=1S/C13H24N2O3/c1-4-8-14-10-11-15(13(14)16)9-7-12(17-5-2)18-6-3/h10-12H,4-9H2,1-3H3. The quantitative estimate of drug-likeness (QED) is 0.633. The maximum absolute atomic E-state index is 11.9. The van der Waals surface area contributed by atoms with Gasteiger partial charge in [0.15, 0.2) is 6.29 Å². The molecule has 0 aliphatic heterocycles. The second-order valence-corrected chi connectivity index (χ2v) is 4.10. The van der Waals surface area contributed by atoms with E-state index in [0.29, 0.717) is 26.2 Å². The lowest BCUT2D eigenvalue weighted by molar-refractivity contribution is -0.141. The molecule has 5 nitrogen and oxygen atoms in total. The lowest BCUT2D eigenvalue weighted by Crippen LogP contribution is -2.27. The van der Waals surface area contributed by atoms with Crippen molar-refractivity contribution in [3.8, 4) is 0 Å². The fourth-order valence-corrected chi connectivity index (χ4v) is 1.87. The van der Waals surface area contributed by atoms with Crippen LogP contribution in [0.3, 0.4) is 0 Å². The number of aromatic nitrogens is 2. The SMILES string of the molecule is CCCn1ccn(CCC(OCC)OCC)c1=O. The molecule has 0 radical (unpaired) electrons. The van der Waals surface area contributed by atoms with E-state index in [2.05, 4.69) is 6.92 Å². The van der Waals surface area contributed by atoms with Gasteiger partial charge in [-0.05, 0) is 20.3 Å². The third-order valence-corrected chi connectivity index (χ3v) is 2.69. The van der Waals surface area contributed by atoms with Crippen molar-refractivity contribution in [2.24, 2.45) is 0 Å². The van der Waals surface area contributed by atoms with Gasteiger partial charge in [0.1, 0.15) is 0 Å². The molecule has 104 valence electrons. The molecule has 5 heteroatoms. The molecule has 0 atom stereocenters. The van der Waals surface area contributed by atoms with E-state index in [0.717, 1.165) is 13.0 Å². The Morgan fingerprint density at radius 2 is 1.61 bits per heavy atom. The smallest absolute Gasteiger partial charge is 0.328 e. The zero-order valence-corrected chi connectivity index (χ0v) is 11.6. The van der Waals surface area contributed by atoms with Gasteiger partial charge in [0.2, 0.25) is 0 Å². The maximum Gasteiger partial charge on any atom is 0.328 e. The summed E-state index contributed by atoms with van der Waals surface area (Å²) in [5, 5.41) is 0. The van der Waals surface area contributed by atoms with Crippen LogP contribution in [0.15, 0.2) is 17.2 Å². The minimum Gasteiger partial charge on any atom is -0.353 e. The molecule has 0 N–H and O–H groups in total. The first kappa shape index (κ1) is 15.0. The van der Waals surface area contributed by atoms with Crippen molar-refractivity contribution in [3.05, 3.63) is 22.9 Å². The molecule has 0 bridgehead atoms. The van der Waals surface area contributed by atoms with E-state index >= 15 is 0 Å². The highest BCUT2D eigenvalue weighted by Gasteiger charge is 2.09. The average molecular weight is 256 g/mol. The van der Waals surface area contributed by atoms with E-state index in [-0.39, 0.29) is 12.0 Å². The monoisotopic (exact) mass is 256 g/mol. The van der Waals surface area contributed by atoms with Crippen LogP contribution in [0.2, 0.25) is 0 Å². The normalized spacial score (nSPS) is 11.3. The molecular formula is C13H24N2O3. The topological polar surface area (TPSA) is 45.4 Å². The Balaban J connectivity index is 2.53. The van der Waals surface area contributed by atoms with E-state index in [1.54, 1.807) is 9.13 Å². The van der Waals surface area contributed by atoms with Crippen molar-refractivity contribution < 1.29 is 9.47 Å². The Kier molecular flexibility index (Phi) is 6.75. The lowest BCUT2D eigenvalue weighted by Gasteiger charge is -2.16. The summed E-state index contributed by atoms with van der Waals surface area (Å²) < 4.78 is 14.3. The Labute approximate surface area is 108 Å². The summed E-state index contributed by atoms with van der Waals surface area (Å²) in [5.74, 6) is 0. The van der Waals surface area contributed by atoms with Gasteiger partial charge in [-0.3, -0.25) is 9.13 Å². The van der Waals surface area contributed by atoms with Crippen LogP contribution in [0, 0.1) is 0 Å². The Morgan fingerprint density at radius 1 is 1.06 bits per heavy atom. The lowest BCUT2D eigenvalue weighted by atomic mass is 10.4. The molecule has 1 heterocycles. The Hall–Kier alpha value is -1.07. The summed E-state index contributed by atoms with van der Waals surface area (Å²) in [7, 11) is 0. The van der Waals surface area contributed by atoms with Crippen LogP contribution >= 0.6 is 0 Å².